The van der Waals surface area contributed by atoms with Crippen LogP contribution in [-0.4, -0.2) is 28.4 Å². The van der Waals surface area contributed by atoms with Gasteiger partial charge in [0.05, 0.1) is 23.0 Å². The van der Waals surface area contributed by atoms with E-state index in [1.54, 1.807) is 0 Å². The number of pyridine rings is 1. The van der Waals surface area contributed by atoms with Gasteiger partial charge in [0.15, 0.2) is 23.1 Å². The molecule has 8 nitrogen and oxygen atoms in total. The minimum Gasteiger partial charge on any atom is -0.452 e. The maximum absolute atomic E-state index is 15.0. The van der Waals surface area contributed by atoms with Crippen LogP contribution in [0.1, 0.15) is 5.56 Å². The third-order valence-electron chi connectivity index (χ3n) is 5.48. The van der Waals surface area contributed by atoms with Crippen LogP contribution < -0.4 is 9.46 Å². The number of aromatic nitrogens is 4. The fraction of sp³-hybridized carbons (Fsp3) is 0.0400. The molecule has 2 aromatic carbocycles. The lowest BCUT2D eigenvalue weighted by Gasteiger charge is -2.15. The number of hydrogen-bond acceptors (Lipinski definition) is 8. The Morgan fingerprint density at radius 3 is 2.24 bits per heavy atom. The Kier molecular flexibility index (Phi) is 7.35. The maximum atomic E-state index is 15.0. The van der Waals surface area contributed by atoms with Crippen molar-refractivity contribution in [3.63, 3.8) is 0 Å². The van der Waals surface area contributed by atoms with E-state index >= 15 is 4.39 Å². The third-order valence-corrected chi connectivity index (χ3v) is 7.43. The highest BCUT2D eigenvalue weighted by Crippen LogP contribution is 2.38. The highest BCUT2D eigenvalue weighted by Gasteiger charge is 2.34. The first kappa shape index (κ1) is 28.0. The number of alkyl halides is 3. The van der Waals surface area contributed by atoms with Crippen LogP contribution in [0.5, 0.6) is 11.5 Å². The zero-order valence-electron chi connectivity index (χ0n) is 20.0. The van der Waals surface area contributed by atoms with E-state index in [0.29, 0.717) is 24.3 Å². The van der Waals surface area contributed by atoms with Crippen molar-refractivity contribution >= 4 is 27.2 Å². The Morgan fingerprint density at radius 2 is 1.59 bits per heavy atom. The Morgan fingerprint density at radius 1 is 0.829 bits per heavy atom. The molecule has 0 saturated heterocycles. The lowest BCUT2D eigenvalue weighted by molar-refractivity contribution is -0.139. The number of halogens is 6. The highest BCUT2D eigenvalue weighted by molar-refractivity contribution is 7.92. The van der Waals surface area contributed by atoms with Crippen LogP contribution >= 0.6 is 11.3 Å². The molecule has 0 bridgehead atoms. The van der Waals surface area contributed by atoms with Gasteiger partial charge in [-0.3, -0.25) is 9.71 Å². The summed E-state index contributed by atoms with van der Waals surface area (Å²) in [5, 5.41) is 1.36. The summed E-state index contributed by atoms with van der Waals surface area (Å²) < 4.78 is 116. The fourth-order valence-electron chi connectivity index (χ4n) is 3.62. The minimum absolute atomic E-state index is 0.0143. The second-order valence-electron chi connectivity index (χ2n) is 8.18. The number of hydrogen-bond donors (Lipinski definition) is 1. The molecule has 1 N–H and O–H groups in total. The molecule has 0 spiro atoms. The number of thiazole rings is 1. The van der Waals surface area contributed by atoms with Gasteiger partial charge in [-0.15, -0.1) is 11.3 Å². The summed E-state index contributed by atoms with van der Waals surface area (Å²) in [5.41, 5.74) is 0.310. The van der Waals surface area contributed by atoms with Crippen molar-refractivity contribution in [3.8, 4) is 33.9 Å². The number of rotatable bonds is 7. The molecule has 0 unspecified atom stereocenters. The monoisotopic (exact) mass is 609 g/mol. The topological polar surface area (TPSA) is 107 Å². The molecule has 0 atom stereocenters. The van der Waals surface area contributed by atoms with Crippen LogP contribution in [0.4, 0.5) is 32.2 Å². The number of nitrogens with one attached hydrogen (secondary N) is 1. The molecule has 3 aromatic heterocycles. The van der Waals surface area contributed by atoms with Crippen LogP contribution in [0.3, 0.4) is 0 Å². The van der Waals surface area contributed by atoms with Gasteiger partial charge in [0, 0.05) is 46.6 Å². The van der Waals surface area contributed by atoms with E-state index < -0.39 is 49.9 Å². The average molecular weight is 610 g/mol. The van der Waals surface area contributed by atoms with Crippen LogP contribution in [0, 0.1) is 17.5 Å². The summed E-state index contributed by atoms with van der Waals surface area (Å²) in [6.07, 6.45) is 0.0434. The second-order valence-corrected chi connectivity index (χ2v) is 10.5. The molecule has 0 aliphatic carbocycles. The number of ether oxygens (including phenoxy) is 1. The van der Waals surface area contributed by atoms with Crippen LogP contribution in [0.2, 0.25) is 0 Å². The molecule has 5 aromatic rings. The Hall–Kier alpha value is -4.57. The summed E-state index contributed by atoms with van der Waals surface area (Å²) in [4.78, 5) is 14.6. The van der Waals surface area contributed by atoms with Crippen LogP contribution in [-0.2, 0) is 16.2 Å². The smallest absolute Gasteiger partial charge is 0.419 e. The van der Waals surface area contributed by atoms with Gasteiger partial charge in [-0.1, -0.05) is 6.07 Å². The normalized spacial score (nSPS) is 11.9. The summed E-state index contributed by atoms with van der Waals surface area (Å²) in [7, 11) is -4.54. The summed E-state index contributed by atoms with van der Waals surface area (Å²) in [6, 6.07) is 4.51. The van der Waals surface area contributed by atoms with E-state index in [-0.39, 0.29) is 34.0 Å². The van der Waals surface area contributed by atoms with Crippen LogP contribution in [0.15, 0.2) is 77.1 Å². The van der Waals surface area contributed by atoms with Gasteiger partial charge < -0.3 is 4.74 Å². The van der Waals surface area contributed by atoms with Gasteiger partial charge >= 0.3 is 6.18 Å². The molecular weight excluding hydrogens is 596 g/mol. The summed E-state index contributed by atoms with van der Waals surface area (Å²) >= 11 is 1.08. The number of benzene rings is 2. The molecule has 0 aliphatic rings. The molecular formula is C25H13F6N5O3S2. The van der Waals surface area contributed by atoms with Gasteiger partial charge in [-0.2, -0.15) is 13.2 Å². The number of nitrogens with zero attached hydrogens (tertiary/aromatic N) is 4. The Bertz CT molecular complexity index is 1840. The van der Waals surface area contributed by atoms with Crippen LogP contribution in [0.25, 0.3) is 22.4 Å². The van der Waals surface area contributed by atoms with Crippen molar-refractivity contribution in [2.45, 2.75) is 11.1 Å². The van der Waals surface area contributed by atoms with Gasteiger partial charge in [0.2, 0.25) is 0 Å². The molecule has 0 amide bonds. The lowest BCUT2D eigenvalue weighted by atomic mass is 10.0. The van der Waals surface area contributed by atoms with Crippen molar-refractivity contribution < 1.29 is 39.5 Å². The van der Waals surface area contributed by atoms with Crippen molar-refractivity contribution in [1.82, 2.24) is 19.9 Å². The largest absolute Gasteiger partial charge is 0.452 e. The maximum Gasteiger partial charge on any atom is 0.419 e. The first-order valence-corrected chi connectivity index (χ1v) is 13.6. The molecule has 16 heteroatoms. The van der Waals surface area contributed by atoms with Crippen molar-refractivity contribution in [3.05, 3.63) is 95.2 Å². The highest BCUT2D eigenvalue weighted by atomic mass is 32.2. The zero-order chi connectivity index (χ0) is 29.4. The molecule has 0 fully saturated rings. The zero-order valence-corrected chi connectivity index (χ0v) is 21.7. The Balaban J connectivity index is 1.52. The standard InChI is InChI=1S/C25H13F6N5O3S2/c26-17-3-13(1-2-16(17)25(29,30)31)20-4-15(14-7-32-11-33-8-14)22(9-34-20)39-21-5-19(28)23(6-18(21)27)41(37,38)36-24-10-40-12-35-24/h1-12,36H. The predicted octanol–water partition coefficient (Wildman–Crippen LogP) is 6.69. The quantitative estimate of drug-likeness (QED) is 0.205. The number of anilines is 1. The molecule has 210 valence electrons. The van der Waals surface area contributed by atoms with E-state index in [1.807, 2.05) is 4.72 Å². The fourth-order valence-corrected chi connectivity index (χ4v) is 5.25. The van der Waals surface area contributed by atoms with Crippen molar-refractivity contribution in [1.29, 1.82) is 0 Å². The molecule has 3 heterocycles. The van der Waals surface area contributed by atoms with Gasteiger partial charge in [-0.25, -0.2) is 36.5 Å². The second kappa shape index (κ2) is 10.8. The van der Waals surface area contributed by atoms with E-state index in [0.717, 1.165) is 23.6 Å². The SMILES string of the molecule is O=S(=O)(Nc1cscn1)c1cc(F)c(Oc2cnc(-c3ccc(C(F)(F)F)c(F)c3)cc2-c2cncnc2)cc1F. The lowest BCUT2D eigenvalue weighted by Crippen LogP contribution is -2.15. The predicted molar refractivity (Wildman–Crippen MR) is 135 cm³/mol. The van der Waals surface area contributed by atoms with Gasteiger partial charge in [-0.05, 0) is 18.2 Å². The molecule has 5 rings (SSSR count). The Labute approximate surface area is 231 Å². The van der Waals surface area contributed by atoms with Crippen molar-refractivity contribution in [2.24, 2.45) is 0 Å². The first-order chi connectivity index (χ1) is 19.4. The van der Waals surface area contributed by atoms with E-state index in [2.05, 4.69) is 19.9 Å². The minimum atomic E-state index is -4.90. The summed E-state index contributed by atoms with van der Waals surface area (Å²) in [5.74, 6) is -5.05. The van der Waals surface area contributed by atoms with Gasteiger partial charge in [0.25, 0.3) is 10.0 Å². The molecule has 0 aliphatic heterocycles. The molecule has 0 saturated carbocycles. The third kappa shape index (κ3) is 5.97. The van der Waals surface area contributed by atoms with E-state index in [9.17, 15) is 30.4 Å². The summed E-state index contributed by atoms with van der Waals surface area (Å²) in [6.45, 7) is 0. The van der Waals surface area contributed by atoms with Crippen molar-refractivity contribution in [2.75, 3.05) is 4.72 Å². The molecule has 0 radical (unpaired) electrons. The number of sulfonamides is 1. The first-order valence-electron chi connectivity index (χ1n) is 11.1. The average Bonchev–Trinajstić information content (AvgIpc) is 3.42. The van der Waals surface area contributed by atoms with E-state index in [1.165, 1.54) is 35.7 Å². The van der Waals surface area contributed by atoms with E-state index in [4.69, 9.17) is 4.74 Å². The van der Waals surface area contributed by atoms with Gasteiger partial charge in [0.1, 0.15) is 22.9 Å². The molecule has 41 heavy (non-hydrogen) atoms.